The van der Waals surface area contributed by atoms with Crippen molar-refractivity contribution in [2.45, 2.75) is 46.1 Å². The molecule has 0 radical (unpaired) electrons. The number of aromatic nitrogens is 2. The van der Waals surface area contributed by atoms with Crippen LogP contribution in [0.15, 0.2) is 24.5 Å². The maximum absolute atomic E-state index is 6.36. The maximum atomic E-state index is 6.36. The number of hydrogen-bond acceptors (Lipinski definition) is 5. The Hall–Kier alpha value is -2.30. The van der Waals surface area contributed by atoms with Crippen LogP contribution in [0.5, 0.6) is 0 Å². The quantitative estimate of drug-likeness (QED) is 0.902. The van der Waals surface area contributed by atoms with Crippen molar-refractivity contribution >= 4 is 23.0 Å². The lowest BCUT2D eigenvalue weighted by Crippen LogP contribution is -2.38. The molecular formula is C18H25N5. The van der Waals surface area contributed by atoms with E-state index < -0.39 is 0 Å². The average molecular weight is 311 g/mol. The van der Waals surface area contributed by atoms with Gasteiger partial charge in [-0.3, -0.25) is 0 Å². The van der Waals surface area contributed by atoms with Gasteiger partial charge in [-0.1, -0.05) is 6.07 Å². The van der Waals surface area contributed by atoms with Gasteiger partial charge in [0.1, 0.15) is 12.0 Å². The van der Waals surface area contributed by atoms with E-state index in [1.807, 2.05) is 6.07 Å². The van der Waals surface area contributed by atoms with Gasteiger partial charge in [0.15, 0.2) is 11.6 Å². The second-order valence-electron chi connectivity index (χ2n) is 6.42. The Kier molecular flexibility index (Phi) is 4.37. The zero-order chi connectivity index (χ0) is 16.4. The molecule has 1 fully saturated rings. The molecule has 3 N–H and O–H groups in total. The van der Waals surface area contributed by atoms with Gasteiger partial charge in [-0.25, -0.2) is 9.97 Å². The van der Waals surface area contributed by atoms with Gasteiger partial charge in [0.25, 0.3) is 0 Å². The largest absolute Gasteiger partial charge is 0.393 e. The van der Waals surface area contributed by atoms with Crippen LogP contribution in [0.1, 0.15) is 37.3 Å². The van der Waals surface area contributed by atoms with Crippen LogP contribution in [-0.4, -0.2) is 22.6 Å². The van der Waals surface area contributed by atoms with Gasteiger partial charge >= 0.3 is 0 Å². The van der Waals surface area contributed by atoms with Crippen LogP contribution in [0.3, 0.4) is 0 Å². The van der Waals surface area contributed by atoms with Gasteiger partial charge in [-0.05, 0) is 63.3 Å². The number of aryl methyl sites for hydroxylation is 2. The Labute approximate surface area is 137 Å². The summed E-state index contributed by atoms with van der Waals surface area (Å²) in [5.74, 6) is 1.52. The predicted octanol–water partition coefficient (Wildman–Crippen LogP) is 3.80. The number of anilines is 4. The van der Waals surface area contributed by atoms with Crippen LogP contribution >= 0.6 is 0 Å². The van der Waals surface area contributed by atoms with Gasteiger partial charge < -0.3 is 16.0 Å². The molecule has 0 aliphatic carbocycles. The Morgan fingerprint density at radius 3 is 2.74 bits per heavy atom. The molecule has 1 aliphatic rings. The first-order chi connectivity index (χ1) is 11.1. The number of nitrogens with two attached hydrogens (primary N) is 1. The topological polar surface area (TPSA) is 67.1 Å². The normalized spacial score (nSPS) is 18.0. The highest BCUT2D eigenvalue weighted by molar-refractivity contribution is 5.78. The molecule has 1 saturated heterocycles. The van der Waals surface area contributed by atoms with Crippen molar-refractivity contribution in [3.63, 3.8) is 0 Å². The average Bonchev–Trinajstić information content (AvgIpc) is 2.54. The van der Waals surface area contributed by atoms with Gasteiger partial charge in [-0.2, -0.15) is 0 Å². The van der Waals surface area contributed by atoms with E-state index in [9.17, 15) is 0 Å². The van der Waals surface area contributed by atoms with Gasteiger partial charge in [0.2, 0.25) is 0 Å². The zero-order valence-electron chi connectivity index (χ0n) is 14.1. The van der Waals surface area contributed by atoms with E-state index in [2.05, 4.69) is 53.1 Å². The van der Waals surface area contributed by atoms with Crippen LogP contribution in [0, 0.1) is 13.8 Å². The van der Waals surface area contributed by atoms with Crippen LogP contribution in [-0.2, 0) is 0 Å². The lowest BCUT2D eigenvalue weighted by molar-refractivity contribution is 0.481. The molecule has 2 heterocycles. The number of hydrogen-bond donors (Lipinski definition) is 2. The summed E-state index contributed by atoms with van der Waals surface area (Å²) in [7, 11) is 0. The summed E-state index contributed by atoms with van der Waals surface area (Å²) in [4.78, 5) is 11.1. The van der Waals surface area contributed by atoms with Crippen LogP contribution in [0.2, 0.25) is 0 Å². The Morgan fingerprint density at radius 2 is 2.00 bits per heavy atom. The smallest absolute Gasteiger partial charge is 0.159 e. The molecule has 3 rings (SSSR count). The number of benzene rings is 1. The monoisotopic (exact) mass is 311 g/mol. The minimum Gasteiger partial charge on any atom is -0.393 e. The number of piperidine rings is 1. The molecule has 1 aromatic heterocycles. The van der Waals surface area contributed by atoms with Gasteiger partial charge in [0, 0.05) is 18.3 Å². The lowest BCUT2D eigenvalue weighted by atomic mass is 10.0. The first kappa shape index (κ1) is 15.6. The summed E-state index contributed by atoms with van der Waals surface area (Å²) in [6.07, 6.45) is 5.24. The summed E-state index contributed by atoms with van der Waals surface area (Å²) >= 11 is 0. The summed E-state index contributed by atoms with van der Waals surface area (Å²) in [5.41, 5.74) is 10.5. The van der Waals surface area contributed by atoms with Gasteiger partial charge in [-0.15, -0.1) is 0 Å². The molecular weight excluding hydrogens is 286 g/mol. The molecule has 5 nitrogen and oxygen atoms in total. The van der Waals surface area contributed by atoms with Crippen molar-refractivity contribution < 1.29 is 0 Å². The van der Waals surface area contributed by atoms with E-state index in [-0.39, 0.29) is 0 Å². The fraction of sp³-hybridized carbons (Fsp3) is 0.444. The van der Waals surface area contributed by atoms with E-state index in [0.717, 1.165) is 18.1 Å². The van der Waals surface area contributed by atoms with E-state index in [4.69, 9.17) is 5.73 Å². The minimum absolute atomic E-state index is 0.468. The van der Waals surface area contributed by atoms with E-state index >= 15 is 0 Å². The number of nitrogen functional groups attached to an aromatic ring is 1. The Balaban J connectivity index is 1.88. The first-order valence-electron chi connectivity index (χ1n) is 8.27. The molecule has 1 unspecified atom stereocenters. The highest BCUT2D eigenvalue weighted by atomic mass is 15.2. The van der Waals surface area contributed by atoms with Crippen LogP contribution < -0.4 is 16.0 Å². The zero-order valence-corrected chi connectivity index (χ0v) is 14.1. The first-order valence-corrected chi connectivity index (χ1v) is 8.27. The highest BCUT2D eigenvalue weighted by Crippen LogP contribution is 2.32. The number of rotatable bonds is 3. The molecule has 23 heavy (non-hydrogen) atoms. The number of nitrogens with one attached hydrogen (secondary N) is 1. The van der Waals surface area contributed by atoms with Crippen molar-refractivity contribution in [3.05, 3.63) is 35.7 Å². The SMILES string of the molecule is Cc1ccc(Nc2ncnc(N3CCCCC3C)c2N)cc1C. The lowest BCUT2D eigenvalue weighted by Gasteiger charge is -2.35. The van der Waals surface area contributed by atoms with Crippen LogP contribution in [0.25, 0.3) is 0 Å². The summed E-state index contributed by atoms with van der Waals surface area (Å²) in [6, 6.07) is 6.73. The molecule has 0 bridgehead atoms. The van der Waals surface area contributed by atoms with Gasteiger partial charge in [0.05, 0.1) is 0 Å². The van der Waals surface area contributed by atoms with Crippen molar-refractivity contribution in [3.8, 4) is 0 Å². The molecule has 122 valence electrons. The van der Waals surface area contributed by atoms with E-state index in [1.165, 1.54) is 30.4 Å². The molecule has 1 aromatic carbocycles. The third kappa shape index (κ3) is 3.23. The molecule has 1 atom stereocenters. The maximum Gasteiger partial charge on any atom is 0.159 e. The van der Waals surface area contributed by atoms with E-state index in [1.54, 1.807) is 6.33 Å². The molecule has 0 spiro atoms. The molecule has 0 saturated carbocycles. The van der Waals surface area contributed by atoms with Crippen molar-refractivity contribution in [2.75, 3.05) is 22.5 Å². The van der Waals surface area contributed by atoms with Crippen molar-refractivity contribution in [1.82, 2.24) is 9.97 Å². The third-order valence-corrected chi connectivity index (χ3v) is 4.71. The molecule has 1 aliphatic heterocycles. The summed E-state index contributed by atoms with van der Waals surface area (Å²) in [6.45, 7) is 7.45. The van der Waals surface area contributed by atoms with Crippen molar-refractivity contribution in [1.29, 1.82) is 0 Å². The van der Waals surface area contributed by atoms with Crippen LogP contribution in [0.4, 0.5) is 23.0 Å². The Morgan fingerprint density at radius 1 is 1.17 bits per heavy atom. The van der Waals surface area contributed by atoms with Crippen molar-refractivity contribution in [2.24, 2.45) is 0 Å². The molecule has 0 amide bonds. The predicted molar refractivity (Wildman–Crippen MR) is 96.3 cm³/mol. The summed E-state index contributed by atoms with van der Waals surface area (Å²) in [5, 5.41) is 3.33. The third-order valence-electron chi connectivity index (χ3n) is 4.71. The molecule has 2 aromatic rings. The molecule has 5 heteroatoms. The number of nitrogens with zero attached hydrogens (tertiary/aromatic N) is 3. The second-order valence-corrected chi connectivity index (χ2v) is 6.42. The fourth-order valence-corrected chi connectivity index (χ4v) is 3.08. The second kappa shape index (κ2) is 6.44. The standard InChI is InChI=1S/C18H25N5/c1-12-7-8-15(10-13(12)2)22-17-16(19)18(21-11-20-17)23-9-5-4-6-14(23)3/h7-8,10-11,14H,4-6,9,19H2,1-3H3,(H,20,21,22). The minimum atomic E-state index is 0.468. The Bertz CT molecular complexity index is 698. The fourth-order valence-electron chi connectivity index (χ4n) is 3.08. The highest BCUT2D eigenvalue weighted by Gasteiger charge is 2.23. The summed E-state index contributed by atoms with van der Waals surface area (Å²) < 4.78 is 0. The van der Waals surface area contributed by atoms with E-state index in [0.29, 0.717) is 17.5 Å².